The Morgan fingerprint density at radius 3 is 2.72 bits per heavy atom. The molecule has 1 aliphatic heterocycles. The summed E-state index contributed by atoms with van der Waals surface area (Å²) in [6, 6.07) is 9.08. The summed E-state index contributed by atoms with van der Waals surface area (Å²) in [5.41, 5.74) is 0.444. The largest absolute Gasteiger partial charge is 0.384 e. The van der Waals surface area contributed by atoms with Crippen molar-refractivity contribution in [1.82, 2.24) is 15.6 Å². The number of halogens is 1. The molecule has 1 amide bonds. The number of carbonyl (C=O) groups is 1. The highest BCUT2D eigenvalue weighted by molar-refractivity contribution is 5.97. The SMILES string of the molecule is COCC1(CNC(=O)c2cc3ccccc3[nH]c2=O)CCNCC1.Cl. The number of ether oxygens (including phenoxy) is 1. The molecular weight excluding hydrogens is 342 g/mol. The van der Waals surface area contributed by atoms with Gasteiger partial charge in [-0.05, 0) is 43.5 Å². The van der Waals surface area contributed by atoms with Crippen LogP contribution < -0.4 is 16.2 Å². The predicted octanol–water partition coefficient (Wildman–Crippen LogP) is 1.70. The Kier molecular flexibility index (Phi) is 6.58. The number of nitrogens with one attached hydrogen (secondary N) is 3. The van der Waals surface area contributed by atoms with Crippen LogP contribution >= 0.6 is 12.4 Å². The maximum absolute atomic E-state index is 12.5. The van der Waals surface area contributed by atoms with Gasteiger partial charge in [0.15, 0.2) is 0 Å². The highest BCUT2D eigenvalue weighted by Gasteiger charge is 2.32. The Bertz CT molecular complexity index is 779. The van der Waals surface area contributed by atoms with E-state index in [9.17, 15) is 9.59 Å². The Balaban J connectivity index is 0.00000225. The van der Waals surface area contributed by atoms with E-state index >= 15 is 0 Å². The molecule has 0 saturated carbocycles. The summed E-state index contributed by atoms with van der Waals surface area (Å²) in [4.78, 5) is 27.5. The molecule has 3 N–H and O–H groups in total. The number of methoxy groups -OCH3 is 1. The average molecular weight is 366 g/mol. The second kappa shape index (κ2) is 8.47. The molecule has 1 fully saturated rings. The van der Waals surface area contributed by atoms with Gasteiger partial charge in [-0.3, -0.25) is 9.59 Å². The minimum atomic E-state index is -0.364. The standard InChI is InChI=1S/C18H23N3O3.ClH/c1-24-12-18(6-8-19-9-7-18)11-20-16(22)14-10-13-4-2-3-5-15(13)21-17(14)23;/h2-5,10,19H,6-9,11-12H2,1H3,(H,20,22)(H,21,23);1H. The second-order valence-electron chi connectivity index (χ2n) is 6.47. The van der Waals surface area contributed by atoms with Crippen LogP contribution in [0.25, 0.3) is 10.9 Å². The quantitative estimate of drug-likeness (QED) is 0.753. The summed E-state index contributed by atoms with van der Waals surface area (Å²) >= 11 is 0. The lowest BCUT2D eigenvalue weighted by Gasteiger charge is -2.37. The van der Waals surface area contributed by atoms with E-state index in [1.165, 1.54) is 0 Å². The van der Waals surface area contributed by atoms with Crippen molar-refractivity contribution in [3.63, 3.8) is 0 Å². The fraction of sp³-hybridized carbons (Fsp3) is 0.444. The van der Waals surface area contributed by atoms with E-state index < -0.39 is 0 Å². The van der Waals surface area contributed by atoms with Crippen molar-refractivity contribution in [2.75, 3.05) is 33.4 Å². The van der Waals surface area contributed by atoms with Gasteiger partial charge in [0.1, 0.15) is 5.56 Å². The van der Waals surface area contributed by atoms with E-state index in [2.05, 4.69) is 15.6 Å². The van der Waals surface area contributed by atoms with Gasteiger partial charge in [-0.25, -0.2) is 0 Å². The summed E-state index contributed by atoms with van der Waals surface area (Å²) in [7, 11) is 1.68. The minimum Gasteiger partial charge on any atom is -0.384 e. The van der Waals surface area contributed by atoms with Crippen molar-refractivity contribution < 1.29 is 9.53 Å². The number of amides is 1. The molecule has 2 heterocycles. The van der Waals surface area contributed by atoms with Gasteiger partial charge >= 0.3 is 0 Å². The molecule has 0 unspecified atom stereocenters. The van der Waals surface area contributed by atoms with Crippen LogP contribution in [0.15, 0.2) is 35.1 Å². The molecule has 0 bridgehead atoms. The Hall–Kier alpha value is -1.89. The van der Waals surface area contributed by atoms with Crippen LogP contribution in [0.3, 0.4) is 0 Å². The summed E-state index contributed by atoms with van der Waals surface area (Å²) in [5, 5.41) is 7.10. The van der Waals surface area contributed by atoms with Gasteiger partial charge in [0.05, 0.1) is 6.61 Å². The zero-order valence-corrected chi connectivity index (χ0v) is 15.1. The molecule has 0 atom stereocenters. The number of piperidine rings is 1. The molecule has 25 heavy (non-hydrogen) atoms. The number of hydrogen-bond donors (Lipinski definition) is 3. The number of H-pyrrole nitrogens is 1. The third-order valence-corrected chi connectivity index (χ3v) is 4.74. The molecule has 7 heteroatoms. The first-order valence-corrected chi connectivity index (χ1v) is 8.23. The monoisotopic (exact) mass is 365 g/mol. The summed E-state index contributed by atoms with van der Waals surface area (Å²) in [5.74, 6) is -0.337. The summed E-state index contributed by atoms with van der Waals surface area (Å²) < 4.78 is 5.36. The van der Waals surface area contributed by atoms with Crippen LogP contribution in [-0.4, -0.2) is 44.2 Å². The first kappa shape index (κ1) is 19.4. The summed E-state index contributed by atoms with van der Waals surface area (Å²) in [6.07, 6.45) is 1.88. The number of carbonyl (C=O) groups excluding carboxylic acids is 1. The van der Waals surface area contributed by atoms with Gasteiger partial charge in [-0.2, -0.15) is 0 Å². The lowest BCUT2D eigenvalue weighted by Crippen LogP contribution is -2.47. The molecule has 3 rings (SSSR count). The molecular formula is C18H24ClN3O3. The number of rotatable bonds is 5. The fourth-order valence-corrected chi connectivity index (χ4v) is 3.31. The van der Waals surface area contributed by atoms with E-state index in [-0.39, 0.29) is 34.9 Å². The van der Waals surface area contributed by atoms with Crippen molar-refractivity contribution in [3.05, 3.63) is 46.2 Å². The first-order valence-electron chi connectivity index (χ1n) is 8.23. The van der Waals surface area contributed by atoms with Crippen molar-refractivity contribution in [1.29, 1.82) is 0 Å². The number of para-hydroxylation sites is 1. The molecule has 1 aromatic heterocycles. The normalized spacial score (nSPS) is 16.2. The molecule has 1 aliphatic rings. The van der Waals surface area contributed by atoms with E-state index in [0.717, 1.165) is 36.8 Å². The van der Waals surface area contributed by atoms with Gasteiger partial charge in [0.25, 0.3) is 11.5 Å². The number of aromatic amines is 1. The van der Waals surface area contributed by atoms with Crippen LogP contribution in [0.4, 0.5) is 0 Å². The minimum absolute atomic E-state index is 0. The van der Waals surface area contributed by atoms with Gasteiger partial charge in [0.2, 0.25) is 0 Å². The first-order chi connectivity index (χ1) is 11.6. The molecule has 0 spiro atoms. The van der Waals surface area contributed by atoms with Crippen LogP contribution in [0, 0.1) is 5.41 Å². The maximum Gasteiger partial charge on any atom is 0.261 e. The second-order valence-corrected chi connectivity index (χ2v) is 6.47. The average Bonchev–Trinajstić information content (AvgIpc) is 2.60. The van der Waals surface area contributed by atoms with Crippen LogP contribution in [0.5, 0.6) is 0 Å². The maximum atomic E-state index is 12.5. The molecule has 0 radical (unpaired) electrons. The van der Waals surface area contributed by atoms with Gasteiger partial charge < -0.3 is 20.4 Å². The zero-order valence-electron chi connectivity index (χ0n) is 14.3. The number of fused-ring (bicyclic) bond motifs is 1. The van der Waals surface area contributed by atoms with Gasteiger partial charge in [-0.15, -0.1) is 12.4 Å². The van der Waals surface area contributed by atoms with Gasteiger partial charge in [-0.1, -0.05) is 18.2 Å². The van der Waals surface area contributed by atoms with E-state index in [1.807, 2.05) is 24.3 Å². The molecule has 6 nitrogen and oxygen atoms in total. The molecule has 1 saturated heterocycles. The van der Waals surface area contributed by atoms with Crippen LogP contribution in [-0.2, 0) is 4.74 Å². The number of hydrogen-bond acceptors (Lipinski definition) is 4. The topological polar surface area (TPSA) is 83.2 Å². The Morgan fingerprint density at radius 2 is 2.00 bits per heavy atom. The zero-order chi connectivity index (χ0) is 17.0. The highest BCUT2D eigenvalue weighted by atomic mass is 35.5. The van der Waals surface area contributed by atoms with E-state index in [0.29, 0.717) is 13.2 Å². The third-order valence-electron chi connectivity index (χ3n) is 4.74. The Morgan fingerprint density at radius 1 is 1.28 bits per heavy atom. The van der Waals surface area contributed by atoms with Crippen LogP contribution in [0.2, 0.25) is 0 Å². The fourth-order valence-electron chi connectivity index (χ4n) is 3.31. The number of benzene rings is 1. The summed E-state index contributed by atoms with van der Waals surface area (Å²) in [6.45, 7) is 2.93. The highest BCUT2D eigenvalue weighted by Crippen LogP contribution is 2.28. The van der Waals surface area contributed by atoms with Gasteiger partial charge in [0, 0.05) is 24.6 Å². The van der Waals surface area contributed by atoms with Crippen molar-refractivity contribution in [2.24, 2.45) is 5.41 Å². The van der Waals surface area contributed by atoms with E-state index in [1.54, 1.807) is 13.2 Å². The van der Waals surface area contributed by atoms with E-state index in [4.69, 9.17) is 4.74 Å². The molecule has 136 valence electrons. The van der Waals surface area contributed by atoms with Crippen molar-refractivity contribution in [2.45, 2.75) is 12.8 Å². The molecule has 2 aromatic rings. The lowest BCUT2D eigenvalue weighted by atomic mass is 9.79. The molecule has 0 aliphatic carbocycles. The van der Waals surface area contributed by atoms with Crippen molar-refractivity contribution in [3.8, 4) is 0 Å². The number of pyridine rings is 1. The third kappa shape index (κ3) is 4.39. The Labute approximate surface area is 152 Å². The van der Waals surface area contributed by atoms with Crippen molar-refractivity contribution >= 4 is 29.2 Å². The predicted molar refractivity (Wildman–Crippen MR) is 101 cm³/mol. The number of aromatic nitrogens is 1. The molecule has 1 aromatic carbocycles. The van der Waals surface area contributed by atoms with Crippen LogP contribution in [0.1, 0.15) is 23.2 Å². The smallest absolute Gasteiger partial charge is 0.261 e. The lowest BCUT2D eigenvalue weighted by molar-refractivity contribution is 0.0511.